The number of fused-ring (bicyclic) bond motifs is 5. The van der Waals surface area contributed by atoms with Crippen molar-refractivity contribution in [1.82, 2.24) is 0 Å². The van der Waals surface area contributed by atoms with Crippen LogP contribution in [0.15, 0.2) is 0 Å². The van der Waals surface area contributed by atoms with Gasteiger partial charge < -0.3 is 5.11 Å². The first-order valence-electron chi connectivity index (χ1n) is 11.4. The van der Waals surface area contributed by atoms with E-state index in [2.05, 4.69) is 20.8 Å². The Kier molecular flexibility index (Phi) is 5.02. The van der Waals surface area contributed by atoms with Crippen molar-refractivity contribution in [2.24, 2.45) is 46.3 Å². The van der Waals surface area contributed by atoms with Gasteiger partial charge in [-0.3, -0.25) is 19.2 Å². The van der Waals surface area contributed by atoms with Crippen molar-refractivity contribution in [1.29, 1.82) is 0 Å². The molecule has 0 bridgehead atoms. The molecule has 4 aliphatic carbocycles. The van der Waals surface area contributed by atoms with E-state index in [1.54, 1.807) is 0 Å². The van der Waals surface area contributed by atoms with E-state index in [0.29, 0.717) is 32.1 Å². The highest BCUT2D eigenvalue weighted by molar-refractivity contribution is 5.93. The van der Waals surface area contributed by atoms with Crippen molar-refractivity contribution in [3.8, 4) is 0 Å². The highest BCUT2D eigenvalue weighted by Gasteiger charge is 2.66. The van der Waals surface area contributed by atoms with Crippen LogP contribution in [0.5, 0.6) is 0 Å². The number of hydrogen-bond acceptors (Lipinski definition) is 4. The lowest BCUT2D eigenvalue weighted by molar-refractivity contribution is -0.166. The number of ketones is 3. The van der Waals surface area contributed by atoms with Crippen molar-refractivity contribution in [3.05, 3.63) is 0 Å². The summed E-state index contributed by atoms with van der Waals surface area (Å²) in [5.41, 5.74) is -0.598. The van der Waals surface area contributed by atoms with Crippen LogP contribution >= 0.6 is 0 Å². The number of carboxylic acid groups (broad SMARTS) is 1. The summed E-state index contributed by atoms with van der Waals surface area (Å²) in [6.45, 7) is 6.37. The summed E-state index contributed by atoms with van der Waals surface area (Å²) in [7, 11) is 0. The molecule has 1 N–H and O–H groups in total. The summed E-state index contributed by atoms with van der Waals surface area (Å²) >= 11 is 0. The minimum atomic E-state index is -0.792. The second-order valence-electron chi connectivity index (χ2n) is 10.9. The van der Waals surface area contributed by atoms with Crippen LogP contribution in [-0.4, -0.2) is 28.4 Å². The Labute approximate surface area is 173 Å². The van der Waals surface area contributed by atoms with Crippen molar-refractivity contribution in [2.75, 3.05) is 0 Å². The fourth-order valence-electron chi connectivity index (χ4n) is 7.94. The fourth-order valence-corrected chi connectivity index (χ4v) is 7.94. The molecule has 0 aliphatic heterocycles. The second-order valence-corrected chi connectivity index (χ2v) is 10.9. The third kappa shape index (κ3) is 3.02. The van der Waals surface area contributed by atoms with Gasteiger partial charge in [-0.15, -0.1) is 0 Å². The smallest absolute Gasteiger partial charge is 0.303 e. The monoisotopic (exact) mass is 402 g/mol. The molecule has 160 valence electrons. The molecule has 8 atom stereocenters. The van der Waals surface area contributed by atoms with E-state index < -0.39 is 11.4 Å². The molecule has 4 aliphatic rings. The number of Topliss-reactive ketones (excluding diaryl/α,β-unsaturated/α-hetero) is 3. The number of carbonyl (C=O) groups is 4. The quantitative estimate of drug-likeness (QED) is 0.766. The van der Waals surface area contributed by atoms with Gasteiger partial charge in [-0.05, 0) is 60.7 Å². The van der Waals surface area contributed by atoms with Crippen LogP contribution in [-0.2, 0) is 19.2 Å². The van der Waals surface area contributed by atoms with E-state index in [0.717, 1.165) is 19.3 Å². The molecule has 0 amide bonds. The van der Waals surface area contributed by atoms with Gasteiger partial charge in [0, 0.05) is 43.4 Å². The van der Waals surface area contributed by atoms with Gasteiger partial charge in [0.1, 0.15) is 17.3 Å². The highest BCUT2D eigenvalue weighted by atomic mass is 16.4. The second kappa shape index (κ2) is 7.02. The predicted molar refractivity (Wildman–Crippen MR) is 107 cm³/mol. The molecule has 0 radical (unpaired) electrons. The van der Waals surface area contributed by atoms with E-state index in [9.17, 15) is 19.2 Å². The Morgan fingerprint density at radius 2 is 1.83 bits per heavy atom. The first-order valence-corrected chi connectivity index (χ1v) is 11.4. The largest absolute Gasteiger partial charge is 0.481 e. The molecule has 5 heteroatoms. The molecule has 4 rings (SSSR count). The van der Waals surface area contributed by atoms with E-state index in [4.69, 9.17) is 5.11 Å². The molecule has 5 nitrogen and oxygen atoms in total. The lowest BCUT2D eigenvalue weighted by Gasteiger charge is -2.58. The van der Waals surface area contributed by atoms with Gasteiger partial charge in [0.2, 0.25) is 0 Å². The zero-order chi connectivity index (χ0) is 21.1. The van der Waals surface area contributed by atoms with Crippen LogP contribution in [0, 0.1) is 46.3 Å². The lowest BCUT2D eigenvalue weighted by atomic mass is 9.44. The van der Waals surface area contributed by atoms with Crippen LogP contribution in [0.2, 0.25) is 0 Å². The molecule has 0 aromatic heterocycles. The maximum atomic E-state index is 13.6. The number of aliphatic carboxylic acids is 1. The van der Waals surface area contributed by atoms with Crippen molar-refractivity contribution in [2.45, 2.75) is 78.6 Å². The number of carbonyl (C=O) groups excluding carboxylic acids is 3. The van der Waals surface area contributed by atoms with Crippen LogP contribution in [0.3, 0.4) is 0 Å². The highest BCUT2D eigenvalue weighted by Crippen LogP contribution is 2.66. The van der Waals surface area contributed by atoms with Gasteiger partial charge in [0.05, 0.1) is 0 Å². The van der Waals surface area contributed by atoms with Gasteiger partial charge in [0.15, 0.2) is 0 Å². The summed E-state index contributed by atoms with van der Waals surface area (Å²) in [6.07, 6.45) is 5.33. The van der Waals surface area contributed by atoms with E-state index >= 15 is 0 Å². The van der Waals surface area contributed by atoms with Crippen LogP contribution in [0.25, 0.3) is 0 Å². The Bertz CT molecular complexity index is 756. The normalized spacial score (nSPS) is 45.3. The van der Waals surface area contributed by atoms with Crippen molar-refractivity contribution < 1.29 is 24.3 Å². The molecule has 0 aromatic carbocycles. The van der Waals surface area contributed by atoms with Crippen LogP contribution < -0.4 is 0 Å². The lowest BCUT2D eigenvalue weighted by Crippen LogP contribution is -2.60. The van der Waals surface area contributed by atoms with E-state index in [1.165, 1.54) is 0 Å². The molecule has 0 saturated heterocycles. The Balaban J connectivity index is 1.63. The molecular formula is C24H34O5. The standard InChI is InChI=1S/C24H34O5/c1-13(4-7-21(28)29)16-5-6-17-22-18(12-20(27)24(16,17)3)23(2)9-8-15(25)10-14(23)11-19(22)26/h13-14,16-18,22H,4-12H2,1-3H3,(H,28,29)/t13-,14-,16+,17-,18-,22-,23+,24-/m1/s1. The van der Waals surface area contributed by atoms with Crippen molar-refractivity contribution >= 4 is 23.3 Å². The topological polar surface area (TPSA) is 88.5 Å². The minimum Gasteiger partial charge on any atom is -0.481 e. The zero-order valence-electron chi connectivity index (χ0n) is 17.9. The number of rotatable bonds is 4. The first-order chi connectivity index (χ1) is 13.6. The van der Waals surface area contributed by atoms with Crippen LogP contribution in [0.4, 0.5) is 0 Å². The fraction of sp³-hybridized carbons (Fsp3) is 0.833. The Morgan fingerprint density at radius 1 is 1.10 bits per heavy atom. The SMILES string of the molecule is C[C@H](CCC(=O)O)[C@@H]1CC[C@@H]2[C@H]3C(=O)C[C@H]4CC(=O)CC[C@]4(C)[C@@H]3CC(=O)[C@@]21C. The van der Waals surface area contributed by atoms with Gasteiger partial charge in [-0.2, -0.15) is 0 Å². The zero-order valence-corrected chi connectivity index (χ0v) is 17.9. The van der Waals surface area contributed by atoms with E-state index in [1.807, 2.05) is 0 Å². The Hall–Kier alpha value is -1.52. The number of hydrogen-bond donors (Lipinski definition) is 1. The van der Waals surface area contributed by atoms with Gasteiger partial charge in [-0.1, -0.05) is 20.8 Å². The molecule has 0 spiro atoms. The maximum absolute atomic E-state index is 13.6. The average molecular weight is 403 g/mol. The molecular weight excluding hydrogens is 368 g/mol. The molecule has 4 saturated carbocycles. The third-order valence-electron chi connectivity index (χ3n) is 9.72. The molecule has 4 fully saturated rings. The maximum Gasteiger partial charge on any atom is 0.303 e. The van der Waals surface area contributed by atoms with Crippen molar-refractivity contribution in [3.63, 3.8) is 0 Å². The summed E-state index contributed by atoms with van der Waals surface area (Å²) in [5.74, 6) is 0.524. The molecule has 0 aromatic rings. The average Bonchev–Trinajstić information content (AvgIpc) is 3.01. The third-order valence-corrected chi connectivity index (χ3v) is 9.72. The molecule has 0 unspecified atom stereocenters. The minimum absolute atomic E-state index is 0.0659. The van der Waals surface area contributed by atoms with Gasteiger partial charge in [-0.25, -0.2) is 0 Å². The van der Waals surface area contributed by atoms with Crippen LogP contribution in [0.1, 0.15) is 78.6 Å². The summed E-state index contributed by atoms with van der Waals surface area (Å²) in [6, 6.07) is 0. The summed E-state index contributed by atoms with van der Waals surface area (Å²) in [4.78, 5) is 50.0. The summed E-state index contributed by atoms with van der Waals surface area (Å²) < 4.78 is 0. The van der Waals surface area contributed by atoms with Gasteiger partial charge in [0.25, 0.3) is 0 Å². The first kappa shape index (κ1) is 20.7. The summed E-state index contributed by atoms with van der Waals surface area (Å²) in [5, 5.41) is 9.06. The van der Waals surface area contributed by atoms with E-state index in [-0.39, 0.29) is 64.7 Å². The molecule has 29 heavy (non-hydrogen) atoms. The Morgan fingerprint density at radius 3 is 2.52 bits per heavy atom. The predicted octanol–water partition coefficient (Wildman–Crippen LogP) is 4.07. The number of carboxylic acids is 1. The molecule has 0 heterocycles. The van der Waals surface area contributed by atoms with Gasteiger partial charge >= 0.3 is 5.97 Å².